The van der Waals surface area contributed by atoms with Gasteiger partial charge in [-0.1, -0.05) is 64.7 Å². The van der Waals surface area contributed by atoms with Gasteiger partial charge < -0.3 is 5.73 Å². The second-order valence-electron chi connectivity index (χ2n) is 6.64. The monoisotopic (exact) mass is 269 g/mol. The standard InChI is InChI=1S/C17H35NO/c1-4-5-6-7-8-9-10-11-12-13-14-16(19)15-17(2,3)18/h4-15,18H2,1-3H3. The lowest BCUT2D eigenvalue weighted by atomic mass is 9.96. The number of carbonyl (C=O) groups is 1. The summed E-state index contributed by atoms with van der Waals surface area (Å²) in [6.45, 7) is 6.10. The van der Waals surface area contributed by atoms with Gasteiger partial charge in [-0.25, -0.2) is 0 Å². The number of nitrogens with two attached hydrogens (primary N) is 1. The van der Waals surface area contributed by atoms with Crippen LogP contribution in [0, 0.1) is 0 Å². The quantitative estimate of drug-likeness (QED) is 0.478. The molecule has 0 unspecified atom stereocenters. The van der Waals surface area contributed by atoms with E-state index in [0.29, 0.717) is 12.2 Å². The largest absolute Gasteiger partial charge is 0.325 e. The van der Waals surface area contributed by atoms with E-state index < -0.39 is 0 Å². The fourth-order valence-electron chi connectivity index (χ4n) is 2.41. The Morgan fingerprint density at radius 3 is 1.68 bits per heavy atom. The van der Waals surface area contributed by atoms with Crippen molar-refractivity contribution in [3.63, 3.8) is 0 Å². The Kier molecular flexibility index (Phi) is 11.2. The molecule has 0 spiro atoms. The fourth-order valence-corrected chi connectivity index (χ4v) is 2.41. The second-order valence-corrected chi connectivity index (χ2v) is 6.64. The summed E-state index contributed by atoms with van der Waals surface area (Å²) in [5.74, 6) is 0.326. The summed E-state index contributed by atoms with van der Waals surface area (Å²) in [6, 6.07) is 0. The lowest BCUT2D eigenvalue weighted by Crippen LogP contribution is -2.34. The molecule has 0 bridgehead atoms. The first kappa shape index (κ1) is 18.6. The first-order valence-corrected chi connectivity index (χ1v) is 8.26. The van der Waals surface area contributed by atoms with Crippen LogP contribution in [-0.2, 0) is 4.79 Å². The maximum atomic E-state index is 11.6. The maximum absolute atomic E-state index is 11.6. The number of rotatable bonds is 13. The summed E-state index contributed by atoms with van der Waals surface area (Å²) in [5.41, 5.74) is 5.50. The predicted octanol–water partition coefficient (Wildman–Crippen LogP) is 4.99. The molecule has 0 atom stereocenters. The normalized spacial score (nSPS) is 11.8. The molecule has 0 aliphatic heterocycles. The van der Waals surface area contributed by atoms with Gasteiger partial charge in [0.25, 0.3) is 0 Å². The minimum absolute atomic E-state index is 0.326. The summed E-state index contributed by atoms with van der Waals surface area (Å²) in [7, 11) is 0. The van der Waals surface area contributed by atoms with Gasteiger partial charge in [-0.15, -0.1) is 0 Å². The Morgan fingerprint density at radius 1 is 0.842 bits per heavy atom. The molecule has 0 amide bonds. The van der Waals surface area contributed by atoms with Crippen LogP contribution in [0.25, 0.3) is 0 Å². The van der Waals surface area contributed by atoms with E-state index in [1.165, 1.54) is 57.8 Å². The second kappa shape index (κ2) is 11.5. The minimum Gasteiger partial charge on any atom is -0.325 e. The molecule has 0 fully saturated rings. The van der Waals surface area contributed by atoms with Crippen molar-refractivity contribution in [1.29, 1.82) is 0 Å². The first-order valence-electron chi connectivity index (χ1n) is 8.26. The third-order valence-corrected chi connectivity index (χ3v) is 3.46. The van der Waals surface area contributed by atoms with Gasteiger partial charge in [0.1, 0.15) is 5.78 Å². The van der Waals surface area contributed by atoms with Crippen LogP contribution in [0.1, 0.15) is 97.8 Å². The highest BCUT2D eigenvalue weighted by molar-refractivity contribution is 5.79. The summed E-state index contributed by atoms with van der Waals surface area (Å²) in [4.78, 5) is 11.6. The Hall–Kier alpha value is -0.370. The number of carbonyl (C=O) groups excluding carboxylic acids is 1. The molecule has 2 nitrogen and oxygen atoms in total. The zero-order chi connectivity index (χ0) is 14.6. The van der Waals surface area contributed by atoms with Gasteiger partial charge in [0, 0.05) is 18.4 Å². The van der Waals surface area contributed by atoms with Gasteiger partial charge in [0.2, 0.25) is 0 Å². The van der Waals surface area contributed by atoms with Gasteiger partial charge >= 0.3 is 0 Å². The highest BCUT2D eigenvalue weighted by Gasteiger charge is 2.15. The summed E-state index contributed by atoms with van der Waals surface area (Å²) in [5, 5.41) is 0. The number of Topliss-reactive ketones (excluding diaryl/α,β-unsaturated/α-hetero) is 1. The molecule has 0 radical (unpaired) electrons. The summed E-state index contributed by atoms with van der Waals surface area (Å²) >= 11 is 0. The van der Waals surface area contributed by atoms with Crippen molar-refractivity contribution >= 4 is 5.78 Å². The predicted molar refractivity (Wildman–Crippen MR) is 84.4 cm³/mol. The maximum Gasteiger partial charge on any atom is 0.134 e. The molecule has 0 aliphatic carbocycles. The first-order chi connectivity index (χ1) is 8.95. The average molecular weight is 269 g/mol. The van der Waals surface area contributed by atoms with E-state index in [2.05, 4.69) is 6.92 Å². The van der Waals surface area contributed by atoms with Gasteiger partial charge in [0.05, 0.1) is 0 Å². The van der Waals surface area contributed by atoms with Crippen molar-refractivity contribution in [2.75, 3.05) is 0 Å². The Labute approximate surface area is 120 Å². The third-order valence-electron chi connectivity index (χ3n) is 3.46. The van der Waals surface area contributed by atoms with Gasteiger partial charge in [-0.3, -0.25) is 4.79 Å². The van der Waals surface area contributed by atoms with E-state index >= 15 is 0 Å². The molecule has 114 valence electrons. The highest BCUT2D eigenvalue weighted by Crippen LogP contribution is 2.13. The van der Waals surface area contributed by atoms with Crippen LogP contribution < -0.4 is 5.73 Å². The van der Waals surface area contributed by atoms with Crippen LogP contribution in [-0.4, -0.2) is 11.3 Å². The molecule has 0 aromatic rings. The van der Waals surface area contributed by atoms with E-state index in [0.717, 1.165) is 12.8 Å². The minimum atomic E-state index is -0.338. The highest BCUT2D eigenvalue weighted by atomic mass is 16.1. The molecule has 2 heteroatoms. The Balaban J connectivity index is 3.21. The SMILES string of the molecule is CCCCCCCCCCCCC(=O)CC(C)(C)N. The van der Waals surface area contributed by atoms with E-state index in [1.54, 1.807) is 0 Å². The van der Waals surface area contributed by atoms with Crippen LogP contribution in [0.5, 0.6) is 0 Å². The molecular formula is C17H35NO. The lowest BCUT2D eigenvalue weighted by molar-refractivity contribution is -0.120. The third kappa shape index (κ3) is 15.6. The Bertz CT molecular complexity index is 218. The molecular weight excluding hydrogens is 234 g/mol. The summed E-state index contributed by atoms with van der Waals surface area (Å²) < 4.78 is 0. The van der Waals surface area contributed by atoms with Crippen molar-refractivity contribution in [1.82, 2.24) is 0 Å². The van der Waals surface area contributed by atoms with Crippen LogP contribution in [0.3, 0.4) is 0 Å². The molecule has 0 rings (SSSR count). The molecule has 0 aliphatic rings. The van der Waals surface area contributed by atoms with E-state index in [4.69, 9.17) is 5.73 Å². The lowest BCUT2D eigenvalue weighted by Gasteiger charge is -2.16. The molecule has 2 N–H and O–H groups in total. The smallest absolute Gasteiger partial charge is 0.134 e. The van der Waals surface area contributed by atoms with Crippen molar-refractivity contribution in [3.05, 3.63) is 0 Å². The topological polar surface area (TPSA) is 43.1 Å². The van der Waals surface area contributed by atoms with Gasteiger partial charge in [0.15, 0.2) is 0 Å². The molecule has 0 aromatic heterocycles. The van der Waals surface area contributed by atoms with E-state index in [1.807, 2.05) is 13.8 Å². The summed E-state index contributed by atoms with van der Waals surface area (Å²) in [6.07, 6.45) is 14.4. The molecule has 0 saturated carbocycles. The van der Waals surface area contributed by atoms with Crippen molar-refractivity contribution in [2.45, 2.75) is 103 Å². The number of unbranched alkanes of at least 4 members (excludes halogenated alkanes) is 9. The number of hydrogen-bond acceptors (Lipinski definition) is 2. The number of hydrogen-bond donors (Lipinski definition) is 1. The van der Waals surface area contributed by atoms with Crippen molar-refractivity contribution < 1.29 is 4.79 Å². The van der Waals surface area contributed by atoms with E-state index in [9.17, 15) is 4.79 Å². The molecule has 0 aromatic carbocycles. The Morgan fingerprint density at radius 2 is 1.26 bits per heavy atom. The van der Waals surface area contributed by atoms with E-state index in [-0.39, 0.29) is 5.54 Å². The molecule has 0 heterocycles. The average Bonchev–Trinajstić information content (AvgIpc) is 2.29. The van der Waals surface area contributed by atoms with Crippen LogP contribution >= 0.6 is 0 Å². The van der Waals surface area contributed by atoms with Crippen molar-refractivity contribution in [2.24, 2.45) is 5.73 Å². The van der Waals surface area contributed by atoms with Gasteiger partial charge in [-0.05, 0) is 20.3 Å². The number of ketones is 1. The molecule has 19 heavy (non-hydrogen) atoms. The van der Waals surface area contributed by atoms with Crippen LogP contribution in [0.4, 0.5) is 0 Å². The zero-order valence-corrected chi connectivity index (χ0v) is 13.5. The van der Waals surface area contributed by atoms with Crippen LogP contribution in [0.2, 0.25) is 0 Å². The fraction of sp³-hybridized carbons (Fsp3) is 0.941. The van der Waals surface area contributed by atoms with Crippen LogP contribution in [0.15, 0.2) is 0 Å². The van der Waals surface area contributed by atoms with Gasteiger partial charge in [-0.2, -0.15) is 0 Å². The van der Waals surface area contributed by atoms with Crippen molar-refractivity contribution in [3.8, 4) is 0 Å². The zero-order valence-electron chi connectivity index (χ0n) is 13.5. The molecule has 0 saturated heterocycles.